The maximum absolute atomic E-state index is 13.0. The van der Waals surface area contributed by atoms with Crippen molar-refractivity contribution in [3.8, 4) is 5.75 Å². The molecule has 6 nitrogen and oxygen atoms in total. The van der Waals surface area contributed by atoms with Crippen LogP contribution in [0.2, 0.25) is 5.02 Å². The van der Waals surface area contributed by atoms with E-state index in [9.17, 15) is 14.0 Å². The molecule has 0 saturated carbocycles. The zero-order chi connectivity index (χ0) is 19.1. The summed E-state index contributed by atoms with van der Waals surface area (Å²) in [6.07, 6.45) is 0. The first-order valence-electron chi connectivity index (χ1n) is 7.74. The van der Waals surface area contributed by atoms with Crippen LogP contribution >= 0.6 is 11.6 Å². The van der Waals surface area contributed by atoms with E-state index in [1.807, 2.05) is 0 Å². The van der Waals surface area contributed by atoms with Gasteiger partial charge in [0, 0.05) is 11.8 Å². The van der Waals surface area contributed by atoms with Crippen molar-refractivity contribution in [2.75, 3.05) is 37.9 Å². The lowest BCUT2D eigenvalue weighted by atomic mass is 10.3. The SMILES string of the molecule is COc1cccc(NC(=O)CN(C)CC(=O)Nc2ccc(F)cc2Cl)c1. The van der Waals surface area contributed by atoms with E-state index in [4.69, 9.17) is 16.3 Å². The van der Waals surface area contributed by atoms with Crippen LogP contribution in [-0.2, 0) is 9.59 Å². The van der Waals surface area contributed by atoms with E-state index in [1.165, 1.54) is 12.1 Å². The van der Waals surface area contributed by atoms with Crippen molar-refractivity contribution >= 4 is 34.8 Å². The summed E-state index contributed by atoms with van der Waals surface area (Å²) in [5.41, 5.74) is 0.914. The van der Waals surface area contributed by atoms with Crippen molar-refractivity contribution in [2.24, 2.45) is 0 Å². The van der Waals surface area contributed by atoms with Gasteiger partial charge in [-0.2, -0.15) is 0 Å². The summed E-state index contributed by atoms with van der Waals surface area (Å²) in [4.78, 5) is 25.6. The fourth-order valence-electron chi connectivity index (χ4n) is 2.23. The molecule has 8 heteroatoms. The predicted octanol–water partition coefficient (Wildman–Crippen LogP) is 3.00. The number of anilines is 2. The molecular formula is C18H19ClFN3O3. The van der Waals surface area contributed by atoms with Gasteiger partial charge in [-0.15, -0.1) is 0 Å². The average Bonchev–Trinajstić information content (AvgIpc) is 2.57. The molecule has 2 aromatic rings. The molecule has 138 valence electrons. The second kappa shape index (κ2) is 9.17. The van der Waals surface area contributed by atoms with Crippen molar-refractivity contribution < 1.29 is 18.7 Å². The van der Waals surface area contributed by atoms with E-state index < -0.39 is 5.82 Å². The fraction of sp³-hybridized carbons (Fsp3) is 0.222. The molecule has 0 aliphatic rings. The summed E-state index contributed by atoms with van der Waals surface area (Å²) in [7, 11) is 3.18. The average molecular weight is 380 g/mol. The van der Waals surface area contributed by atoms with Gasteiger partial charge in [0.15, 0.2) is 0 Å². The van der Waals surface area contributed by atoms with Gasteiger partial charge >= 0.3 is 0 Å². The van der Waals surface area contributed by atoms with E-state index in [-0.39, 0.29) is 29.9 Å². The second-order valence-corrected chi connectivity index (χ2v) is 6.03. The molecule has 2 rings (SSSR count). The van der Waals surface area contributed by atoms with E-state index >= 15 is 0 Å². The summed E-state index contributed by atoms with van der Waals surface area (Å²) >= 11 is 5.87. The number of carbonyl (C=O) groups excluding carboxylic acids is 2. The highest BCUT2D eigenvalue weighted by molar-refractivity contribution is 6.33. The zero-order valence-electron chi connectivity index (χ0n) is 14.4. The number of nitrogens with one attached hydrogen (secondary N) is 2. The number of rotatable bonds is 7. The Morgan fingerprint density at radius 2 is 1.81 bits per heavy atom. The van der Waals surface area contributed by atoms with Crippen LogP contribution in [0.15, 0.2) is 42.5 Å². The molecule has 26 heavy (non-hydrogen) atoms. The van der Waals surface area contributed by atoms with Crippen LogP contribution in [0.5, 0.6) is 5.75 Å². The van der Waals surface area contributed by atoms with Gasteiger partial charge in [-0.25, -0.2) is 4.39 Å². The molecular weight excluding hydrogens is 361 g/mol. The monoisotopic (exact) mass is 379 g/mol. The number of hydrogen-bond donors (Lipinski definition) is 2. The first-order valence-corrected chi connectivity index (χ1v) is 8.12. The minimum atomic E-state index is -0.487. The van der Waals surface area contributed by atoms with Gasteiger partial charge in [-0.3, -0.25) is 14.5 Å². The molecule has 0 unspecified atom stereocenters. The van der Waals surface area contributed by atoms with Gasteiger partial charge in [-0.1, -0.05) is 17.7 Å². The largest absolute Gasteiger partial charge is 0.497 e. The van der Waals surface area contributed by atoms with Crippen molar-refractivity contribution in [1.82, 2.24) is 4.90 Å². The third-order valence-corrected chi connectivity index (χ3v) is 3.70. The maximum atomic E-state index is 13.0. The lowest BCUT2D eigenvalue weighted by Crippen LogP contribution is -2.36. The lowest BCUT2D eigenvalue weighted by Gasteiger charge is -2.16. The Morgan fingerprint density at radius 3 is 2.46 bits per heavy atom. The minimum Gasteiger partial charge on any atom is -0.497 e. The summed E-state index contributed by atoms with van der Waals surface area (Å²) in [6.45, 7) is -0.0129. The first kappa shape index (κ1) is 19.7. The number of nitrogens with zero attached hydrogens (tertiary/aromatic N) is 1. The topological polar surface area (TPSA) is 70.7 Å². The molecule has 0 heterocycles. The van der Waals surface area contributed by atoms with Gasteiger partial charge in [0.2, 0.25) is 11.8 Å². The summed E-state index contributed by atoms with van der Waals surface area (Å²) in [5.74, 6) is -0.491. The third-order valence-electron chi connectivity index (χ3n) is 3.39. The van der Waals surface area contributed by atoms with E-state index in [0.717, 1.165) is 6.07 Å². The van der Waals surface area contributed by atoms with E-state index in [2.05, 4.69) is 10.6 Å². The Kier molecular flexibility index (Phi) is 6.94. The Labute approximate surface area is 155 Å². The van der Waals surface area contributed by atoms with Gasteiger partial charge in [0.1, 0.15) is 11.6 Å². The molecule has 2 N–H and O–H groups in total. The molecule has 0 saturated heterocycles. The molecule has 0 spiro atoms. The maximum Gasteiger partial charge on any atom is 0.238 e. The number of ether oxygens (including phenoxy) is 1. The molecule has 0 atom stereocenters. The molecule has 0 fully saturated rings. The standard InChI is InChI=1S/C18H19ClFN3O3/c1-23(10-17(24)21-13-4-3-5-14(9-13)26-2)11-18(25)22-16-7-6-12(20)8-15(16)19/h3-9H,10-11H2,1-2H3,(H,21,24)(H,22,25). The van der Waals surface area contributed by atoms with Crippen molar-refractivity contribution in [3.05, 3.63) is 53.3 Å². The zero-order valence-corrected chi connectivity index (χ0v) is 15.1. The minimum absolute atomic E-state index is 0.0157. The quantitative estimate of drug-likeness (QED) is 0.775. The van der Waals surface area contributed by atoms with Crippen molar-refractivity contribution in [1.29, 1.82) is 0 Å². The number of methoxy groups -OCH3 is 1. The second-order valence-electron chi connectivity index (χ2n) is 5.62. The van der Waals surface area contributed by atoms with Gasteiger partial charge < -0.3 is 15.4 Å². The lowest BCUT2D eigenvalue weighted by molar-refractivity contribution is -0.119. The number of amides is 2. The van der Waals surface area contributed by atoms with Crippen LogP contribution in [0.25, 0.3) is 0 Å². The molecule has 0 bridgehead atoms. The molecule has 2 amide bonds. The Hall–Kier alpha value is -2.64. The summed E-state index contributed by atoms with van der Waals surface area (Å²) in [5, 5.41) is 5.42. The van der Waals surface area contributed by atoms with E-state index in [0.29, 0.717) is 17.1 Å². The molecule has 0 aliphatic carbocycles. The molecule has 0 aromatic heterocycles. The van der Waals surface area contributed by atoms with Crippen molar-refractivity contribution in [3.63, 3.8) is 0 Å². The van der Waals surface area contributed by atoms with Gasteiger partial charge in [0.25, 0.3) is 0 Å². The first-order chi connectivity index (χ1) is 12.4. The van der Waals surface area contributed by atoms with Crippen LogP contribution in [0.4, 0.5) is 15.8 Å². The highest BCUT2D eigenvalue weighted by atomic mass is 35.5. The third kappa shape index (κ3) is 6.02. The normalized spacial score (nSPS) is 10.5. The summed E-state index contributed by atoms with van der Waals surface area (Å²) in [6, 6.07) is 10.7. The van der Waals surface area contributed by atoms with Crippen LogP contribution in [0.1, 0.15) is 0 Å². The number of benzene rings is 2. The molecule has 0 radical (unpaired) electrons. The number of likely N-dealkylation sites (N-methyl/N-ethyl adjacent to an activating group) is 1. The van der Waals surface area contributed by atoms with Crippen LogP contribution < -0.4 is 15.4 Å². The Bertz CT molecular complexity index is 801. The number of carbonyl (C=O) groups is 2. The smallest absolute Gasteiger partial charge is 0.238 e. The number of halogens is 2. The number of hydrogen-bond acceptors (Lipinski definition) is 4. The van der Waals surface area contributed by atoms with Gasteiger partial charge in [-0.05, 0) is 37.4 Å². The van der Waals surface area contributed by atoms with Crippen LogP contribution in [-0.4, -0.2) is 44.0 Å². The highest BCUT2D eigenvalue weighted by Gasteiger charge is 2.13. The van der Waals surface area contributed by atoms with Crippen molar-refractivity contribution in [2.45, 2.75) is 0 Å². The molecule has 0 aliphatic heterocycles. The highest BCUT2D eigenvalue weighted by Crippen LogP contribution is 2.22. The Balaban J connectivity index is 1.84. The predicted molar refractivity (Wildman–Crippen MR) is 99.2 cm³/mol. The van der Waals surface area contributed by atoms with Crippen LogP contribution in [0, 0.1) is 5.82 Å². The fourth-order valence-corrected chi connectivity index (χ4v) is 2.44. The van der Waals surface area contributed by atoms with Crippen LogP contribution in [0.3, 0.4) is 0 Å². The Morgan fingerprint density at radius 1 is 1.12 bits per heavy atom. The van der Waals surface area contributed by atoms with E-state index in [1.54, 1.807) is 43.3 Å². The summed E-state index contributed by atoms with van der Waals surface area (Å²) < 4.78 is 18.1. The molecule has 2 aromatic carbocycles. The van der Waals surface area contributed by atoms with Gasteiger partial charge in [0.05, 0.1) is 30.9 Å².